The highest BCUT2D eigenvalue weighted by Crippen LogP contribution is 2.22. The lowest BCUT2D eigenvalue weighted by Gasteiger charge is -2.11. The summed E-state index contributed by atoms with van der Waals surface area (Å²) in [7, 11) is 0. The van der Waals surface area contributed by atoms with Crippen LogP contribution in [0, 0.1) is 6.92 Å². The number of rotatable bonds is 4. The molecule has 0 aliphatic heterocycles. The molecule has 1 atom stereocenters. The van der Waals surface area contributed by atoms with Gasteiger partial charge in [0.1, 0.15) is 11.4 Å². The van der Waals surface area contributed by atoms with Crippen LogP contribution >= 0.6 is 11.8 Å². The fraction of sp³-hybridized carbons (Fsp3) is 0.214. The molecule has 1 heterocycles. The van der Waals surface area contributed by atoms with Gasteiger partial charge < -0.3 is 5.32 Å². The van der Waals surface area contributed by atoms with Crippen LogP contribution in [0.25, 0.3) is 0 Å². The van der Waals surface area contributed by atoms with Crippen LogP contribution < -0.4 is 5.32 Å². The number of hydrogen-bond donors (Lipinski definition) is 1. The topological polar surface area (TPSA) is 54.9 Å². The van der Waals surface area contributed by atoms with E-state index in [2.05, 4.69) is 15.3 Å². The fourth-order valence-electron chi connectivity index (χ4n) is 1.49. The van der Waals surface area contributed by atoms with Gasteiger partial charge in [-0.3, -0.25) is 4.79 Å². The lowest BCUT2D eigenvalue weighted by atomic mass is 10.3. The molecule has 0 fully saturated rings. The first-order chi connectivity index (χ1) is 9.15. The van der Waals surface area contributed by atoms with E-state index in [4.69, 9.17) is 0 Å². The number of aryl methyl sites for hydroxylation is 1. The molecule has 0 spiro atoms. The molecule has 4 nitrogen and oxygen atoms in total. The van der Waals surface area contributed by atoms with Crippen molar-refractivity contribution in [1.29, 1.82) is 0 Å². The van der Waals surface area contributed by atoms with Crippen molar-refractivity contribution in [3.8, 4) is 0 Å². The van der Waals surface area contributed by atoms with Gasteiger partial charge in [0.15, 0.2) is 0 Å². The van der Waals surface area contributed by atoms with E-state index in [1.165, 1.54) is 18.1 Å². The zero-order valence-electron chi connectivity index (χ0n) is 10.8. The number of aromatic nitrogens is 2. The van der Waals surface area contributed by atoms with Gasteiger partial charge >= 0.3 is 0 Å². The molecule has 0 bridgehead atoms. The van der Waals surface area contributed by atoms with Crippen LogP contribution in [0.15, 0.2) is 47.8 Å². The van der Waals surface area contributed by atoms with Crippen LogP contribution in [-0.2, 0) is 4.79 Å². The number of para-hydroxylation sites is 1. The molecule has 0 unspecified atom stereocenters. The normalized spacial score (nSPS) is 11.9. The minimum atomic E-state index is -0.213. The Hall–Kier alpha value is -1.88. The maximum atomic E-state index is 12.0. The zero-order valence-corrected chi connectivity index (χ0v) is 11.6. The summed E-state index contributed by atoms with van der Waals surface area (Å²) in [6, 6.07) is 11.3. The average molecular weight is 273 g/mol. The number of anilines is 1. The molecule has 1 aromatic heterocycles. The lowest BCUT2D eigenvalue weighted by Crippen LogP contribution is -2.22. The second-order valence-electron chi connectivity index (χ2n) is 4.11. The second-order valence-corrected chi connectivity index (χ2v) is 5.47. The molecule has 0 radical (unpaired) electrons. The fourth-order valence-corrected chi connectivity index (χ4v) is 2.37. The SMILES string of the molecule is Cc1cc(S[C@H](C)C(=O)Nc2ccccc2)ncn1. The molecule has 98 valence electrons. The van der Waals surface area contributed by atoms with Crippen LogP contribution in [0.5, 0.6) is 0 Å². The molecule has 1 aromatic carbocycles. The monoisotopic (exact) mass is 273 g/mol. The first-order valence-corrected chi connectivity index (χ1v) is 6.84. The number of benzene rings is 1. The van der Waals surface area contributed by atoms with E-state index in [1.807, 2.05) is 50.2 Å². The van der Waals surface area contributed by atoms with Crippen molar-refractivity contribution in [3.63, 3.8) is 0 Å². The Balaban J connectivity index is 1.96. The Morgan fingerprint density at radius 2 is 2.00 bits per heavy atom. The maximum absolute atomic E-state index is 12.0. The molecule has 0 saturated heterocycles. The summed E-state index contributed by atoms with van der Waals surface area (Å²) in [6.45, 7) is 3.76. The summed E-state index contributed by atoms with van der Waals surface area (Å²) in [6.07, 6.45) is 1.51. The minimum Gasteiger partial charge on any atom is -0.325 e. The number of hydrogen-bond acceptors (Lipinski definition) is 4. The van der Waals surface area contributed by atoms with E-state index in [0.717, 1.165) is 16.4 Å². The van der Waals surface area contributed by atoms with Crippen molar-refractivity contribution in [2.24, 2.45) is 0 Å². The van der Waals surface area contributed by atoms with Crippen LogP contribution in [-0.4, -0.2) is 21.1 Å². The van der Waals surface area contributed by atoms with Crippen molar-refractivity contribution in [2.75, 3.05) is 5.32 Å². The van der Waals surface area contributed by atoms with Crippen LogP contribution in [0.2, 0.25) is 0 Å². The van der Waals surface area contributed by atoms with Crippen molar-refractivity contribution in [3.05, 3.63) is 48.4 Å². The van der Waals surface area contributed by atoms with Gasteiger partial charge in [-0.2, -0.15) is 0 Å². The Morgan fingerprint density at radius 1 is 1.26 bits per heavy atom. The number of nitrogens with zero attached hydrogens (tertiary/aromatic N) is 2. The number of carbonyl (C=O) groups excluding carboxylic acids is 1. The maximum Gasteiger partial charge on any atom is 0.237 e. The predicted octanol–water partition coefficient (Wildman–Crippen LogP) is 2.90. The molecule has 1 N–H and O–H groups in total. The molecule has 1 amide bonds. The van der Waals surface area contributed by atoms with Crippen LogP contribution in [0.4, 0.5) is 5.69 Å². The highest BCUT2D eigenvalue weighted by Gasteiger charge is 2.15. The largest absolute Gasteiger partial charge is 0.325 e. The molecule has 0 saturated carbocycles. The minimum absolute atomic E-state index is 0.0348. The third kappa shape index (κ3) is 4.06. The van der Waals surface area contributed by atoms with Crippen molar-refractivity contribution >= 4 is 23.4 Å². The summed E-state index contributed by atoms with van der Waals surface area (Å²) >= 11 is 1.42. The quantitative estimate of drug-likeness (QED) is 0.687. The van der Waals surface area contributed by atoms with Crippen molar-refractivity contribution in [1.82, 2.24) is 9.97 Å². The Morgan fingerprint density at radius 3 is 2.68 bits per heavy atom. The summed E-state index contributed by atoms with van der Waals surface area (Å²) in [5, 5.41) is 3.47. The molecular weight excluding hydrogens is 258 g/mol. The van der Waals surface area contributed by atoms with Gasteiger partial charge in [-0.1, -0.05) is 30.0 Å². The van der Waals surface area contributed by atoms with Gasteiger partial charge in [0.05, 0.1) is 5.25 Å². The zero-order chi connectivity index (χ0) is 13.7. The predicted molar refractivity (Wildman–Crippen MR) is 77.2 cm³/mol. The van der Waals surface area contributed by atoms with Gasteiger partial charge in [0.25, 0.3) is 0 Å². The molecule has 2 rings (SSSR count). The number of carbonyl (C=O) groups is 1. The van der Waals surface area contributed by atoms with Crippen LogP contribution in [0.1, 0.15) is 12.6 Å². The lowest BCUT2D eigenvalue weighted by molar-refractivity contribution is -0.115. The van der Waals surface area contributed by atoms with Gasteiger partial charge in [0, 0.05) is 11.4 Å². The number of thioether (sulfide) groups is 1. The first-order valence-electron chi connectivity index (χ1n) is 5.96. The van der Waals surface area contributed by atoms with Gasteiger partial charge in [-0.05, 0) is 32.0 Å². The van der Waals surface area contributed by atoms with E-state index in [9.17, 15) is 4.79 Å². The van der Waals surface area contributed by atoms with E-state index >= 15 is 0 Å². The smallest absolute Gasteiger partial charge is 0.237 e. The molecular formula is C14H15N3OS. The standard InChI is InChI=1S/C14H15N3OS/c1-10-8-13(16-9-15-10)19-11(2)14(18)17-12-6-4-3-5-7-12/h3-9,11H,1-2H3,(H,17,18)/t11-/m1/s1. The number of amides is 1. The third-order valence-electron chi connectivity index (χ3n) is 2.49. The van der Waals surface area contributed by atoms with E-state index in [-0.39, 0.29) is 11.2 Å². The average Bonchev–Trinajstić information content (AvgIpc) is 2.40. The van der Waals surface area contributed by atoms with E-state index < -0.39 is 0 Å². The highest BCUT2D eigenvalue weighted by molar-refractivity contribution is 8.00. The Bertz CT molecular complexity index is 560. The van der Waals surface area contributed by atoms with Crippen molar-refractivity contribution in [2.45, 2.75) is 24.1 Å². The molecule has 0 aliphatic rings. The van der Waals surface area contributed by atoms with Crippen molar-refractivity contribution < 1.29 is 4.79 Å². The third-order valence-corrected chi connectivity index (χ3v) is 3.52. The van der Waals surface area contributed by atoms with Gasteiger partial charge in [0.2, 0.25) is 5.91 Å². The molecule has 5 heteroatoms. The Kier molecular flexibility index (Phi) is 4.52. The molecule has 0 aliphatic carbocycles. The van der Waals surface area contributed by atoms with E-state index in [1.54, 1.807) is 0 Å². The van der Waals surface area contributed by atoms with E-state index in [0.29, 0.717) is 0 Å². The Labute approximate surface area is 116 Å². The van der Waals surface area contributed by atoms with Gasteiger partial charge in [-0.25, -0.2) is 9.97 Å². The first kappa shape index (κ1) is 13.5. The second kappa shape index (κ2) is 6.33. The molecule has 19 heavy (non-hydrogen) atoms. The van der Waals surface area contributed by atoms with Gasteiger partial charge in [-0.15, -0.1) is 0 Å². The highest BCUT2D eigenvalue weighted by atomic mass is 32.2. The summed E-state index contributed by atoms with van der Waals surface area (Å²) in [5.74, 6) is -0.0348. The molecule has 2 aromatic rings. The van der Waals surface area contributed by atoms with Crippen LogP contribution in [0.3, 0.4) is 0 Å². The summed E-state index contributed by atoms with van der Waals surface area (Å²) < 4.78 is 0. The number of nitrogens with one attached hydrogen (secondary N) is 1. The summed E-state index contributed by atoms with van der Waals surface area (Å²) in [4.78, 5) is 20.2. The summed E-state index contributed by atoms with van der Waals surface area (Å²) in [5.41, 5.74) is 1.70.